The van der Waals surface area contributed by atoms with E-state index < -0.39 is 29.4 Å². The second-order valence-corrected chi connectivity index (χ2v) is 7.70. The van der Waals surface area contributed by atoms with Crippen LogP contribution in [-0.4, -0.2) is 36.0 Å². The Kier molecular flexibility index (Phi) is 7.21. The van der Waals surface area contributed by atoms with Gasteiger partial charge in [-0.25, -0.2) is 19.8 Å². The number of hydrazine groups is 1. The summed E-state index contributed by atoms with van der Waals surface area (Å²) in [5.41, 5.74) is 1.48. The van der Waals surface area contributed by atoms with Gasteiger partial charge >= 0.3 is 18.2 Å². The zero-order chi connectivity index (χ0) is 20.8. The van der Waals surface area contributed by atoms with Crippen LogP contribution in [0.25, 0.3) is 0 Å². The first kappa shape index (κ1) is 22.3. The van der Waals surface area contributed by atoms with Crippen molar-refractivity contribution in [2.45, 2.75) is 59.7 Å². The largest absolute Gasteiger partial charge is 0.462 e. The molecule has 0 atom stereocenters. The summed E-state index contributed by atoms with van der Waals surface area (Å²) < 4.78 is 15.4. The summed E-state index contributed by atoms with van der Waals surface area (Å²) in [6, 6.07) is 5.96. The van der Waals surface area contributed by atoms with Gasteiger partial charge in [-0.15, -0.1) is 0 Å². The molecule has 0 aliphatic rings. The first-order valence-corrected chi connectivity index (χ1v) is 8.62. The third-order valence-corrected chi connectivity index (χ3v) is 2.81. The molecule has 2 amide bonds. The average molecular weight is 380 g/mol. The van der Waals surface area contributed by atoms with Crippen molar-refractivity contribution < 1.29 is 28.6 Å². The zero-order valence-electron chi connectivity index (χ0n) is 16.9. The Bertz CT molecular complexity index is 671. The zero-order valence-corrected chi connectivity index (χ0v) is 16.9. The molecule has 150 valence electrons. The third kappa shape index (κ3) is 7.98. The summed E-state index contributed by atoms with van der Waals surface area (Å²) >= 11 is 0. The average Bonchev–Trinajstić information content (AvgIpc) is 2.49. The highest BCUT2D eigenvalue weighted by Crippen LogP contribution is 2.19. The third-order valence-electron chi connectivity index (χ3n) is 2.81. The number of carbonyl (C=O) groups is 3. The molecule has 0 aliphatic carbocycles. The lowest BCUT2D eigenvalue weighted by Gasteiger charge is -2.28. The minimum absolute atomic E-state index is 0.255. The van der Waals surface area contributed by atoms with Crippen LogP contribution in [0.4, 0.5) is 15.3 Å². The molecular formula is C19H28N2O6. The molecule has 27 heavy (non-hydrogen) atoms. The van der Waals surface area contributed by atoms with E-state index in [-0.39, 0.29) is 6.61 Å². The molecule has 1 rings (SSSR count). The molecule has 0 saturated carbocycles. The quantitative estimate of drug-likeness (QED) is 0.483. The topological polar surface area (TPSA) is 94.2 Å². The molecule has 0 bridgehead atoms. The molecule has 0 unspecified atom stereocenters. The molecule has 0 aromatic heterocycles. The maximum atomic E-state index is 12.5. The van der Waals surface area contributed by atoms with Crippen molar-refractivity contribution in [1.82, 2.24) is 5.43 Å². The molecule has 0 radical (unpaired) electrons. The molecule has 1 aromatic rings. The van der Waals surface area contributed by atoms with Crippen molar-refractivity contribution in [3.05, 3.63) is 29.8 Å². The van der Waals surface area contributed by atoms with Crippen molar-refractivity contribution in [3.8, 4) is 0 Å². The first-order valence-electron chi connectivity index (χ1n) is 8.62. The van der Waals surface area contributed by atoms with Crippen molar-refractivity contribution >= 4 is 23.8 Å². The number of esters is 1. The number of nitrogens with one attached hydrogen (secondary N) is 1. The lowest BCUT2D eigenvalue weighted by molar-refractivity contribution is 0.0425. The number of rotatable bonds is 3. The van der Waals surface area contributed by atoms with E-state index in [0.717, 1.165) is 5.01 Å². The Balaban J connectivity index is 3.07. The van der Waals surface area contributed by atoms with E-state index >= 15 is 0 Å². The van der Waals surface area contributed by atoms with Gasteiger partial charge in [0.2, 0.25) is 0 Å². The molecule has 0 spiro atoms. The van der Waals surface area contributed by atoms with Gasteiger partial charge in [-0.1, -0.05) is 0 Å². The SMILES string of the molecule is CCOC(=O)c1ccc(N(NC(=O)OC(C)(C)C)C(=O)OC(C)(C)C)cc1. The molecule has 0 fully saturated rings. The summed E-state index contributed by atoms with van der Waals surface area (Å²) in [7, 11) is 0. The van der Waals surface area contributed by atoms with Crippen molar-refractivity contribution in [2.75, 3.05) is 11.6 Å². The normalized spacial score (nSPS) is 11.4. The number of carbonyl (C=O) groups excluding carboxylic acids is 3. The summed E-state index contributed by atoms with van der Waals surface area (Å²) in [6.45, 7) is 12.2. The van der Waals surface area contributed by atoms with Gasteiger partial charge in [0.15, 0.2) is 0 Å². The molecule has 1 N–H and O–H groups in total. The highest BCUT2D eigenvalue weighted by molar-refractivity contribution is 5.93. The van der Waals surface area contributed by atoms with Crippen LogP contribution in [-0.2, 0) is 14.2 Å². The van der Waals surface area contributed by atoms with E-state index in [1.807, 2.05) is 0 Å². The van der Waals surface area contributed by atoms with Gasteiger partial charge in [0.25, 0.3) is 0 Å². The fraction of sp³-hybridized carbons (Fsp3) is 0.526. The highest BCUT2D eigenvalue weighted by Gasteiger charge is 2.27. The van der Waals surface area contributed by atoms with Crippen LogP contribution in [0.1, 0.15) is 58.8 Å². The Morgan fingerprint density at radius 2 is 1.44 bits per heavy atom. The number of hydrogen-bond acceptors (Lipinski definition) is 6. The van der Waals surface area contributed by atoms with Gasteiger partial charge in [0, 0.05) is 0 Å². The molecule has 0 saturated heterocycles. The van der Waals surface area contributed by atoms with Crippen molar-refractivity contribution in [2.24, 2.45) is 0 Å². The van der Waals surface area contributed by atoms with Crippen LogP contribution >= 0.6 is 0 Å². The minimum Gasteiger partial charge on any atom is -0.462 e. The number of benzene rings is 1. The Labute approximate surface area is 159 Å². The highest BCUT2D eigenvalue weighted by atomic mass is 16.6. The van der Waals surface area contributed by atoms with E-state index in [4.69, 9.17) is 14.2 Å². The van der Waals surface area contributed by atoms with E-state index in [0.29, 0.717) is 11.3 Å². The van der Waals surface area contributed by atoms with Crippen LogP contribution in [0, 0.1) is 0 Å². The van der Waals surface area contributed by atoms with Gasteiger partial charge in [0.1, 0.15) is 11.2 Å². The Morgan fingerprint density at radius 1 is 0.926 bits per heavy atom. The summed E-state index contributed by atoms with van der Waals surface area (Å²) in [4.78, 5) is 36.4. The standard InChI is InChI=1S/C19H28N2O6/c1-8-25-15(22)13-9-11-14(12-10-13)21(17(24)27-19(5,6)7)20-16(23)26-18(2,3)4/h9-12H,8H2,1-7H3,(H,20,23). The number of ether oxygens (including phenoxy) is 3. The van der Waals surface area contributed by atoms with Gasteiger partial charge < -0.3 is 14.2 Å². The number of amides is 2. The summed E-state index contributed by atoms with van der Waals surface area (Å²) in [5, 5.41) is 0.925. The second-order valence-electron chi connectivity index (χ2n) is 7.70. The maximum Gasteiger partial charge on any atom is 0.434 e. The predicted octanol–water partition coefficient (Wildman–Crippen LogP) is 4.04. The van der Waals surface area contributed by atoms with E-state index in [1.54, 1.807) is 48.5 Å². The smallest absolute Gasteiger partial charge is 0.434 e. The van der Waals surface area contributed by atoms with Crippen molar-refractivity contribution in [1.29, 1.82) is 0 Å². The first-order chi connectivity index (χ1) is 12.3. The van der Waals surface area contributed by atoms with Crippen molar-refractivity contribution in [3.63, 3.8) is 0 Å². The Morgan fingerprint density at radius 3 is 1.89 bits per heavy atom. The Hall–Kier alpha value is -2.77. The minimum atomic E-state index is -0.817. The van der Waals surface area contributed by atoms with E-state index in [1.165, 1.54) is 24.3 Å². The molecule has 1 aromatic carbocycles. The fourth-order valence-corrected chi connectivity index (χ4v) is 1.88. The predicted molar refractivity (Wildman–Crippen MR) is 100 cm³/mol. The lowest BCUT2D eigenvalue weighted by atomic mass is 10.2. The lowest BCUT2D eigenvalue weighted by Crippen LogP contribution is -2.50. The summed E-state index contributed by atoms with van der Waals surface area (Å²) in [6.07, 6.45) is -1.61. The maximum absolute atomic E-state index is 12.5. The second kappa shape index (κ2) is 8.75. The van der Waals surface area contributed by atoms with Gasteiger partial charge in [-0.2, -0.15) is 5.01 Å². The molecular weight excluding hydrogens is 352 g/mol. The van der Waals surface area contributed by atoms with E-state index in [9.17, 15) is 14.4 Å². The number of nitrogens with zero attached hydrogens (tertiary/aromatic N) is 1. The fourth-order valence-electron chi connectivity index (χ4n) is 1.88. The van der Waals surface area contributed by atoms with Crippen LogP contribution in [0.2, 0.25) is 0 Å². The van der Waals surface area contributed by atoms with Crippen LogP contribution in [0.5, 0.6) is 0 Å². The van der Waals surface area contributed by atoms with Gasteiger partial charge in [-0.3, -0.25) is 0 Å². The van der Waals surface area contributed by atoms with Gasteiger partial charge in [-0.05, 0) is 72.7 Å². The van der Waals surface area contributed by atoms with Gasteiger partial charge in [0.05, 0.1) is 17.9 Å². The number of hydrogen-bond donors (Lipinski definition) is 1. The number of anilines is 1. The molecule has 8 nitrogen and oxygen atoms in total. The van der Waals surface area contributed by atoms with Crippen LogP contribution in [0.3, 0.4) is 0 Å². The van der Waals surface area contributed by atoms with E-state index in [2.05, 4.69) is 5.43 Å². The monoisotopic (exact) mass is 380 g/mol. The molecule has 0 heterocycles. The molecule has 0 aliphatic heterocycles. The van der Waals surface area contributed by atoms with Crippen LogP contribution < -0.4 is 10.4 Å². The van der Waals surface area contributed by atoms with Crippen LogP contribution in [0.15, 0.2) is 24.3 Å². The summed E-state index contributed by atoms with van der Waals surface area (Å²) in [5.74, 6) is -0.479. The molecule has 8 heteroatoms.